The van der Waals surface area contributed by atoms with Gasteiger partial charge in [-0.25, -0.2) is 0 Å². The Morgan fingerprint density at radius 3 is 3.18 bits per heavy atom. The number of aromatic nitrogens is 2. The fourth-order valence-corrected chi connectivity index (χ4v) is 1.98. The lowest BCUT2D eigenvalue weighted by atomic mass is 10.0. The first-order chi connectivity index (χ1) is 5.29. The first-order valence-corrected chi connectivity index (χ1v) is 4.24. The molecule has 2 aromatic heterocycles. The van der Waals surface area contributed by atoms with Crippen LogP contribution in [0.4, 0.5) is 0 Å². The van der Waals surface area contributed by atoms with Crippen LogP contribution < -0.4 is 0 Å². The zero-order valence-corrected chi connectivity index (χ0v) is 6.93. The minimum atomic E-state index is -0.826. The molecule has 0 amide bonds. The molecule has 0 unspecified atom stereocenters. The third-order valence-corrected chi connectivity index (χ3v) is 2.64. The second-order valence-electron chi connectivity index (χ2n) is 2.08. The molecule has 1 N–H and O–H groups in total. The van der Waals surface area contributed by atoms with E-state index in [2.05, 4.69) is 10.1 Å². The fourth-order valence-electron chi connectivity index (χ4n) is 0.903. The Morgan fingerprint density at radius 2 is 2.45 bits per heavy atom. The van der Waals surface area contributed by atoms with E-state index >= 15 is 0 Å². The lowest BCUT2D eigenvalue weighted by molar-refractivity contribution is 0.594. The zero-order chi connectivity index (χ0) is 7.84. The first kappa shape index (κ1) is 7.00. The van der Waals surface area contributed by atoms with Crippen molar-refractivity contribution in [3.8, 4) is 0 Å². The third kappa shape index (κ3) is 1.00. The van der Waals surface area contributed by atoms with Crippen molar-refractivity contribution in [2.75, 3.05) is 0 Å². The molecule has 0 aliphatic heterocycles. The molecule has 0 aliphatic carbocycles. The highest BCUT2D eigenvalue weighted by atomic mass is 35.5. The van der Waals surface area contributed by atoms with Gasteiger partial charge >= 0.3 is 0 Å². The molecule has 0 aliphatic rings. The maximum atomic E-state index is 9.25. The number of hydrogen-bond donors (Lipinski definition) is 1. The molecular formula is C5H3BClN2OS-. The molecule has 0 saturated heterocycles. The lowest BCUT2D eigenvalue weighted by Crippen LogP contribution is -2.02. The molecule has 2 heterocycles. The highest BCUT2D eigenvalue weighted by Gasteiger charge is 1.98. The summed E-state index contributed by atoms with van der Waals surface area (Å²) >= 11 is 7.13. The monoisotopic (exact) mass is 185 g/mol. The van der Waals surface area contributed by atoms with Gasteiger partial charge in [-0.05, 0) is 16.8 Å². The predicted molar refractivity (Wildman–Crippen MR) is 46.0 cm³/mol. The average Bonchev–Trinajstić information content (AvgIpc) is 2.45. The van der Waals surface area contributed by atoms with Gasteiger partial charge in [-0.15, -0.1) is 0 Å². The minimum Gasteiger partial charge on any atom is -0.747 e. The van der Waals surface area contributed by atoms with Gasteiger partial charge in [-0.1, -0.05) is 16.2 Å². The molecule has 0 aromatic carbocycles. The van der Waals surface area contributed by atoms with E-state index in [-0.39, 0.29) is 0 Å². The molecule has 0 atom stereocenters. The number of halogens is 1. The Kier molecular flexibility index (Phi) is 1.54. The van der Waals surface area contributed by atoms with Crippen LogP contribution in [-0.4, -0.2) is 21.8 Å². The average molecular weight is 185 g/mol. The number of hydrogen-bond acceptors (Lipinski definition) is 4. The van der Waals surface area contributed by atoms with E-state index in [1.165, 1.54) is 11.3 Å². The van der Waals surface area contributed by atoms with Crippen molar-refractivity contribution in [2.24, 2.45) is 0 Å². The third-order valence-electron chi connectivity index (χ3n) is 1.41. The Bertz CT molecular complexity index is 368. The van der Waals surface area contributed by atoms with E-state index < -0.39 is 6.69 Å². The molecule has 6 heteroatoms. The molecule has 0 saturated carbocycles. The van der Waals surface area contributed by atoms with E-state index in [9.17, 15) is 5.02 Å². The molecule has 0 bridgehead atoms. The van der Waals surface area contributed by atoms with E-state index in [4.69, 9.17) is 11.6 Å². The van der Waals surface area contributed by atoms with Crippen molar-refractivity contribution >= 4 is 39.6 Å². The molecule has 11 heavy (non-hydrogen) atoms. The van der Waals surface area contributed by atoms with Gasteiger partial charge in [0.2, 0.25) is 6.69 Å². The topological polar surface area (TPSA) is 46.0 Å². The summed E-state index contributed by atoms with van der Waals surface area (Å²) in [6, 6.07) is 1.82. The zero-order valence-electron chi connectivity index (χ0n) is 5.36. The van der Waals surface area contributed by atoms with Crippen LogP contribution in [0.25, 0.3) is 9.98 Å². The maximum absolute atomic E-state index is 9.25. The molecule has 56 valence electrons. The van der Waals surface area contributed by atoms with Gasteiger partial charge in [0.1, 0.15) is 0 Å². The van der Waals surface area contributed by atoms with Crippen LogP contribution in [0.5, 0.6) is 0 Å². The van der Waals surface area contributed by atoms with Crippen LogP contribution in [0.3, 0.4) is 0 Å². The second-order valence-corrected chi connectivity index (χ2v) is 3.38. The van der Waals surface area contributed by atoms with Gasteiger partial charge < -0.3 is 10.0 Å². The van der Waals surface area contributed by atoms with Gasteiger partial charge in [-0.2, -0.15) is 16.4 Å². The number of fused-ring (bicyclic) bond motifs is 1. The second kappa shape index (κ2) is 2.42. The SMILES string of the molecule is O[b-]1nnc(Cl)c2ccsc12. The van der Waals surface area contributed by atoms with Crippen LogP contribution in [0.1, 0.15) is 0 Å². The summed E-state index contributed by atoms with van der Waals surface area (Å²) in [4.78, 5) is 0. The normalized spacial score (nSPS) is 10.6. The molecule has 2 rings (SSSR count). The standard InChI is InChI=1S/C5H3BClN2OS/c7-5-3-1-2-11-4(3)6(10)9-8-5/h1-2,10H/q-1. The summed E-state index contributed by atoms with van der Waals surface area (Å²) in [5.74, 6) is 0. The highest BCUT2D eigenvalue weighted by Crippen LogP contribution is 2.23. The Balaban J connectivity index is 2.96. The molecule has 0 radical (unpaired) electrons. The quantitative estimate of drug-likeness (QED) is 0.669. The molecular weight excluding hydrogens is 182 g/mol. The van der Waals surface area contributed by atoms with Crippen molar-refractivity contribution in [1.82, 2.24) is 10.1 Å². The molecule has 3 nitrogen and oxygen atoms in total. The Labute approximate surface area is 71.8 Å². The summed E-state index contributed by atoms with van der Waals surface area (Å²) < 4.78 is 0.769. The Hall–Kier alpha value is -0.675. The van der Waals surface area contributed by atoms with Crippen molar-refractivity contribution in [3.05, 3.63) is 16.6 Å². The minimum absolute atomic E-state index is 0.353. The molecule has 0 fully saturated rings. The maximum Gasteiger partial charge on any atom is 0.213 e. The van der Waals surface area contributed by atoms with E-state index in [1.54, 1.807) is 0 Å². The Morgan fingerprint density at radius 1 is 1.64 bits per heavy atom. The summed E-state index contributed by atoms with van der Waals surface area (Å²) in [7, 11) is 0. The van der Waals surface area contributed by atoms with Gasteiger partial charge in [0, 0.05) is 0 Å². The highest BCUT2D eigenvalue weighted by molar-refractivity contribution is 7.21. The predicted octanol–water partition coefficient (Wildman–Crippen LogP) is 1.13. The van der Waals surface area contributed by atoms with E-state index in [0.717, 1.165) is 9.98 Å². The summed E-state index contributed by atoms with van der Waals surface area (Å²) in [6.45, 7) is -0.826. The van der Waals surface area contributed by atoms with Crippen LogP contribution in [0, 0.1) is 0 Å². The van der Waals surface area contributed by atoms with E-state index in [0.29, 0.717) is 5.15 Å². The van der Waals surface area contributed by atoms with Gasteiger partial charge in [0.25, 0.3) is 0 Å². The molecule has 2 aromatic rings. The summed E-state index contributed by atoms with van der Waals surface area (Å²) in [6.07, 6.45) is 0. The van der Waals surface area contributed by atoms with Crippen LogP contribution in [0.15, 0.2) is 11.4 Å². The fraction of sp³-hybridized carbons (Fsp3) is 0. The van der Waals surface area contributed by atoms with Crippen LogP contribution in [0.2, 0.25) is 5.15 Å². The molecule has 0 spiro atoms. The van der Waals surface area contributed by atoms with Gasteiger partial charge in [0.05, 0.1) is 0 Å². The van der Waals surface area contributed by atoms with Crippen molar-refractivity contribution < 1.29 is 5.02 Å². The van der Waals surface area contributed by atoms with Crippen LogP contribution >= 0.6 is 22.9 Å². The lowest BCUT2D eigenvalue weighted by Gasteiger charge is -2.03. The van der Waals surface area contributed by atoms with Gasteiger partial charge in [0.15, 0.2) is 5.15 Å². The smallest absolute Gasteiger partial charge is 0.213 e. The van der Waals surface area contributed by atoms with E-state index in [1.807, 2.05) is 11.4 Å². The number of nitrogens with zero attached hydrogens (tertiary/aromatic N) is 2. The number of rotatable bonds is 0. The largest absolute Gasteiger partial charge is 0.747 e. The van der Waals surface area contributed by atoms with Crippen LogP contribution in [-0.2, 0) is 0 Å². The first-order valence-electron chi connectivity index (χ1n) is 2.98. The van der Waals surface area contributed by atoms with Crippen molar-refractivity contribution in [3.63, 3.8) is 0 Å². The summed E-state index contributed by atoms with van der Waals surface area (Å²) in [5, 5.41) is 19.4. The van der Waals surface area contributed by atoms with Crippen molar-refractivity contribution in [2.45, 2.75) is 0 Å². The van der Waals surface area contributed by atoms with Crippen molar-refractivity contribution in [1.29, 1.82) is 0 Å². The number of thiophene rings is 1. The van der Waals surface area contributed by atoms with Gasteiger partial charge in [-0.3, -0.25) is 0 Å². The summed E-state index contributed by atoms with van der Waals surface area (Å²) in [5.41, 5.74) is 0.